The van der Waals surface area contributed by atoms with Crippen LogP contribution in [0, 0.1) is 0 Å². The number of halogens is 1. The highest BCUT2D eigenvalue weighted by molar-refractivity contribution is 8.00. The van der Waals surface area contributed by atoms with Crippen LogP contribution in [-0.2, 0) is 9.53 Å². The Morgan fingerprint density at radius 2 is 1.80 bits per heavy atom. The number of unbranched alkanes of at least 4 members (excludes halogenated alkanes) is 5. The van der Waals surface area contributed by atoms with E-state index in [1.165, 1.54) is 12.8 Å². The monoisotopic (exact) mass is 306 g/mol. The zero-order valence-corrected chi connectivity index (χ0v) is 14.0. The molecule has 0 aliphatic heterocycles. The summed E-state index contributed by atoms with van der Waals surface area (Å²) in [4.78, 5) is 12.0. The van der Waals surface area contributed by atoms with E-state index in [9.17, 15) is 9.18 Å². The molecule has 1 atom stereocenters. The summed E-state index contributed by atoms with van der Waals surface area (Å²) in [5, 5.41) is -0.00530. The van der Waals surface area contributed by atoms with Crippen molar-refractivity contribution in [2.24, 2.45) is 0 Å². The second-order valence-corrected chi connectivity index (χ2v) is 6.44. The van der Waals surface area contributed by atoms with Gasteiger partial charge in [0.1, 0.15) is 5.25 Å². The minimum atomic E-state index is -0.212. The first-order chi connectivity index (χ1) is 9.76. The summed E-state index contributed by atoms with van der Waals surface area (Å²) in [6.07, 6.45) is 8.99. The Kier molecular flexibility index (Phi) is 15.0. The number of esters is 1. The van der Waals surface area contributed by atoms with E-state index in [-0.39, 0.29) is 17.9 Å². The summed E-state index contributed by atoms with van der Waals surface area (Å²) in [5.74, 6) is 0.932. The molecule has 4 heteroatoms. The topological polar surface area (TPSA) is 26.3 Å². The smallest absolute Gasteiger partial charge is 0.319 e. The maximum absolute atomic E-state index is 12.0. The molecule has 0 aromatic carbocycles. The van der Waals surface area contributed by atoms with Crippen LogP contribution in [0.2, 0.25) is 0 Å². The zero-order valence-electron chi connectivity index (χ0n) is 13.2. The third-order valence-electron chi connectivity index (χ3n) is 3.13. The van der Waals surface area contributed by atoms with Crippen molar-refractivity contribution in [3.63, 3.8) is 0 Å². The molecule has 0 aromatic heterocycles. The molecule has 0 aliphatic carbocycles. The molecular weight excluding hydrogens is 275 g/mol. The predicted molar refractivity (Wildman–Crippen MR) is 86.1 cm³/mol. The average molecular weight is 306 g/mol. The van der Waals surface area contributed by atoms with Gasteiger partial charge in [-0.25, -0.2) is 0 Å². The molecule has 0 saturated heterocycles. The van der Waals surface area contributed by atoms with Gasteiger partial charge >= 0.3 is 5.97 Å². The van der Waals surface area contributed by atoms with Crippen molar-refractivity contribution < 1.29 is 13.9 Å². The molecule has 0 saturated carbocycles. The summed E-state index contributed by atoms with van der Waals surface area (Å²) in [5.41, 5.74) is 0. The van der Waals surface area contributed by atoms with E-state index < -0.39 is 0 Å². The molecule has 0 bridgehead atoms. The Labute approximate surface area is 128 Å². The highest BCUT2D eigenvalue weighted by Gasteiger charge is 2.19. The SMILES string of the molecule is CCCCCC(SCCCCCCF)C(=O)OCCC. The number of carbonyl (C=O) groups is 1. The van der Waals surface area contributed by atoms with Gasteiger partial charge in [-0.1, -0.05) is 46.0 Å². The molecule has 0 N–H and O–H groups in total. The van der Waals surface area contributed by atoms with Crippen LogP contribution < -0.4 is 0 Å². The first-order valence-electron chi connectivity index (χ1n) is 8.10. The van der Waals surface area contributed by atoms with E-state index in [0.717, 1.165) is 44.3 Å². The van der Waals surface area contributed by atoms with Crippen LogP contribution in [0.25, 0.3) is 0 Å². The van der Waals surface area contributed by atoms with Gasteiger partial charge in [-0.05, 0) is 31.4 Å². The summed E-state index contributed by atoms with van der Waals surface area (Å²) in [6.45, 7) is 4.50. The van der Waals surface area contributed by atoms with Crippen LogP contribution in [0.3, 0.4) is 0 Å². The lowest BCUT2D eigenvalue weighted by molar-refractivity contribution is -0.143. The lowest BCUT2D eigenvalue weighted by Crippen LogP contribution is -2.21. The highest BCUT2D eigenvalue weighted by atomic mass is 32.2. The van der Waals surface area contributed by atoms with Crippen LogP contribution >= 0.6 is 11.8 Å². The van der Waals surface area contributed by atoms with E-state index in [4.69, 9.17) is 4.74 Å². The van der Waals surface area contributed by atoms with E-state index in [0.29, 0.717) is 13.0 Å². The van der Waals surface area contributed by atoms with Gasteiger partial charge in [0.2, 0.25) is 0 Å². The van der Waals surface area contributed by atoms with Crippen LogP contribution in [-0.4, -0.2) is 30.3 Å². The third kappa shape index (κ3) is 11.6. The van der Waals surface area contributed by atoms with Crippen LogP contribution in [0.1, 0.15) is 71.6 Å². The van der Waals surface area contributed by atoms with Gasteiger partial charge in [0.15, 0.2) is 0 Å². The lowest BCUT2D eigenvalue weighted by Gasteiger charge is -2.15. The Bertz CT molecular complexity index is 225. The molecule has 0 radical (unpaired) electrons. The Morgan fingerprint density at radius 3 is 2.45 bits per heavy atom. The minimum Gasteiger partial charge on any atom is -0.465 e. The first-order valence-corrected chi connectivity index (χ1v) is 9.15. The maximum atomic E-state index is 12.0. The summed E-state index contributed by atoms with van der Waals surface area (Å²) in [6, 6.07) is 0. The van der Waals surface area contributed by atoms with Crippen LogP contribution in [0.15, 0.2) is 0 Å². The van der Waals surface area contributed by atoms with E-state index in [2.05, 4.69) is 6.92 Å². The molecule has 0 aromatic rings. The molecule has 1 unspecified atom stereocenters. The van der Waals surface area contributed by atoms with Crippen molar-refractivity contribution in [2.45, 2.75) is 76.9 Å². The van der Waals surface area contributed by atoms with Gasteiger partial charge in [0.05, 0.1) is 13.3 Å². The van der Waals surface area contributed by atoms with Crippen LogP contribution in [0.5, 0.6) is 0 Å². The molecule has 0 fully saturated rings. The average Bonchev–Trinajstić information content (AvgIpc) is 2.46. The molecule has 120 valence electrons. The zero-order chi connectivity index (χ0) is 15.1. The molecular formula is C16H31FO2S. The third-order valence-corrected chi connectivity index (χ3v) is 4.48. The fourth-order valence-corrected chi connectivity index (χ4v) is 3.11. The first kappa shape index (κ1) is 19.8. The fraction of sp³-hybridized carbons (Fsp3) is 0.938. The largest absolute Gasteiger partial charge is 0.465 e. The van der Waals surface area contributed by atoms with Gasteiger partial charge in [-0.15, -0.1) is 11.8 Å². The van der Waals surface area contributed by atoms with Gasteiger partial charge in [-0.2, -0.15) is 0 Å². The normalized spacial score (nSPS) is 12.3. The molecule has 0 spiro atoms. The van der Waals surface area contributed by atoms with Crippen molar-refractivity contribution in [2.75, 3.05) is 19.0 Å². The second kappa shape index (κ2) is 15.1. The molecule has 0 aliphatic rings. The van der Waals surface area contributed by atoms with E-state index >= 15 is 0 Å². The number of ether oxygens (including phenoxy) is 1. The Morgan fingerprint density at radius 1 is 1.05 bits per heavy atom. The summed E-state index contributed by atoms with van der Waals surface area (Å²) < 4.78 is 17.2. The van der Waals surface area contributed by atoms with Gasteiger partial charge in [-0.3, -0.25) is 9.18 Å². The van der Waals surface area contributed by atoms with Crippen molar-refractivity contribution in [3.8, 4) is 0 Å². The van der Waals surface area contributed by atoms with Crippen molar-refractivity contribution in [1.82, 2.24) is 0 Å². The van der Waals surface area contributed by atoms with E-state index in [1.807, 2.05) is 6.92 Å². The maximum Gasteiger partial charge on any atom is 0.319 e. The fourth-order valence-electron chi connectivity index (χ4n) is 1.92. The molecule has 0 amide bonds. The number of hydrogen-bond acceptors (Lipinski definition) is 3. The van der Waals surface area contributed by atoms with Gasteiger partial charge in [0, 0.05) is 0 Å². The van der Waals surface area contributed by atoms with Gasteiger partial charge in [0.25, 0.3) is 0 Å². The van der Waals surface area contributed by atoms with E-state index in [1.54, 1.807) is 11.8 Å². The number of carbonyl (C=O) groups excluding carboxylic acids is 1. The minimum absolute atomic E-state index is 0.00530. The second-order valence-electron chi connectivity index (χ2n) is 5.13. The Hall–Kier alpha value is -0.250. The van der Waals surface area contributed by atoms with Gasteiger partial charge < -0.3 is 4.74 Å². The number of thioether (sulfide) groups is 1. The highest BCUT2D eigenvalue weighted by Crippen LogP contribution is 2.21. The van der Waals surface area contributed by atoms with Crippen LogP contribution in [0.4, 0.5) is 4.39 Å². The standard InChI is InChI=1S/C16H31FO2S/c1-3-5-8-11-15(16(18)19-13-4-2)20-14-10-7-6-9-12-17/h15H,3-14H2,1-2H3. The number of alkyl halides is 1. The summed E-state index contributed by atoms with van der Waals surface area (Å²) >= 11 is 1.72. The predicted octanol–water partition coefficient (Wildman–Crippen LogP) is 5.15. The Balaban J connectivity index is 3.87. The molecule has 0 heterocycles. The number of rotatable bonds is 14. The molecule has 0 rings (SSSR count). The quantitative estimate of drug-likeness (QED) is 0.328. The van der Waals surface area contributed by atoms with Crippen molar-refractivity contribution >= 4 is 17.7 Å². The number of hydrogen-bond donors (Lipinski definition) is 0. The molecule has 2 nitrogen and oxygen atoms in total. The molecule has 20 heavy (non-hydrogen) atoms. The lowest BCUT2D eigenvalue weighted by atomic mass is 10.1. The van der Waals surface area contributed by atoms with Crippen molar-refractivity contribution in [3.05, 3.63) is 0 Å². The summed E-state index contributed by atoms with van der Waals surface area (Å²) in [7, 11) is 0. The van der Waals surface area contributed by atoms with Crippen molar-refractivity contribution in [1.29, 1.82) is 0 Å².